The molecular weight excluding hydrogens is 282 g/mol. The molecule has 0 saturated heterocycles. The summed E-state index contributed by atoms with van der Waals surface area (Å²) in [5.74, 6) is -0.512. The van der Waals surface area contributed by atoms with Gasteiger partial charge in [0.25, 0.3) is 11.6 Å². The molecule has 0 unspecified atom stereocenters. The van der Waals surface area contributed by atoms with Gasteiger partial charge in [0.2, 0.25) is 0 Å². The highest BCUT2D eigenvalue weighted by molar-refractivity contribution is 6.31. The lowest BCUT2D eigenvalue weighted by Crippen LogP contribution is -2.52. The SMILES string of the molecule is CCC(CC)(CN)NC(=O)c1ccc(Cl)cc1[N+](=O)[O-]. The number of nitrogens with zero attached hydrogens (tertiary/aromatic N) is 1. The Labute approximate surface area is 122 Å². The zero-order valence-electron chi connectivity index (χ0n) is 11.5. The molecule has 7 heteroatoms. The molecule has 0 aliphatic heterocycles. The summed E-state index contributed by atoms with van der Waals surface area (Å²) in [4.78, 5) is 22.6. The van der Waals surface area contributed by atoms with E-state index in [1.165, 1.54) is 18.2 Å². The average molecular weight is 300 g/mol. The van der Waals surface area contributed by atoms with Crippen LogP contribution in [0.1, 0.15) is 37.0 Å². The van der Waals surface area contributed by atoms with E-state index in [1.807, 2.05) is 13.8 Å². The van der Waals surface area contributed by atoms with Crippen molar-refractivity contribution < 1.29 is 9.72 Å². The standard InChI is InChI=1S/C13H18ClN3O3/c1-3-13(4-2,8-15)16-12(18)10-6-5-9(14)7-11(10)17(19)20/h5-7H,3-4,8,15H2,1-2H3,(H,16,18). The van der Waals surface area contributed by atoms with Crippen molar-refractivity contribution in [2.24, 2.45) is 5.73 Å². The number of benzene rings is 1. The third-order valence-corrected chi connectivity index (χ3v) is 3.76. The number of hydrogen-bond acceptors (Lipinski definition) is 4. The Morgan fingerprint density at radius 1 is 1.45 bits per heavy atom. The summed E-state index contributed by atoms with van der Waals surface area (Å²) in [6.07, 6.45) is 1.29. The topological polar surface area (TPSA) is 98.3 Å². The first-order chi connectivity index (χ1) is 9.39. The van der Waals surface area contributed by atoms with E-state index in [4.69, 9.17) is 17.3 Å². The Bertz CT molecular complexity index is 507. The number of amides is 1. The maximum atomic E-state index is 12.3. The first kappa shape index (κ1) is 16.4. The molecule has 1 aromatic rings. The molecule has 0 bridgehead atoms. The molecule has 0 fully saturated rings. The number of hydrogen-bond donors (Lipinski definition) is 2. The van der Waals surface area contributed by atoms with Gasteiger partial charge in [0, 0.05) is 17.6 Å². The molecule has 0 radical (unpaired) electrons. The molecule has 0 aliphatic carbocycles. The summed E-state index contributed by atoms with van der Waals surface area (Å²) in [6, 6.07) is 3.96. The van der Waals surface area contributed by atoms with Crippen LogP contribution in [0.3, 0.4) is 0 Å². The number of carbonyl (C=O) groups excluding carboxylic acids is 1. The lowest BCUT2D eigenvalue weighted by molar-refractivity contribution is -0.385. The molecular formula is C13H18ClN3O3. The predicted molar refractivity (Wildman–Crippen MR) is 77.9 cm³/mol. The van der Waals surface area contributed by atoms with E-state index >= 15 is 0 Å². The largest absolute Gasteiger partial charge is 0.345 e. The minimum Gasteiger partial charge on any atom is -0.345 e. The van der Waals surface area contributed by atoms with Crippen molar-refractivity contribution in [2.45, 2.75) is 32.2 Å². The van der Waals surface area contributed by atoms with Crippen molar-refractivity contribution in [1.82, 2.24) is 5.32 Å². The molecule has 3 N–H and O–H groups in total. The van der Waals surface area contributed by atoms with E-state index in [1.54, 1.807) is 0 Å². The van der Waals surface area contributed by atoms with Crippen molar-refractivity contribution in [3.63, 3.8) is 0 Å². The van der Waals surface area contributed by atoms with E-state index in [0.717, 1.165) is 0 Å². The second kappa shape index (κ2) is 6.67. The van der Waals surface area contributed by atoms with E-state index < -0.39 is 16.4 Å². The third-order valence-electron chi connectivity index (χ3n) is 3.52. The van der Waals surface area contributed by atoms with Gasteiger partial charge in [0.15, 0.2) is 0 Å². The van der Waals surface area contributed by atoms with Crippen molar-refractivity contribution in [3.05, 3.63) is 38.9 Å². The van der Waals surface area contributed by atoms with Crippen LogP contribution in [0.25, 0.3) is 0 Å². The van der Waals surface area contributed by atoms with Gasteiger partial charge in [0.1, 0.15) is 5.56 Å². The van der Waals surface area contributed by atoms with Gasteiger partial charge in [-0.05, 0) is 25.0 Å². The molecule has 6 nitrogen and oxygen atoms in total. The van der Waals surface area contributed by atoms with Crippen LogP contribution < -0.4 is 11.1 Å². The highest BCUT2D eigenvalue weighted by atomic mass is 35.5. The normalized spacial score (nSPS) is 11.2. The van der Waals surface area contributed by atoms with Gasteiger partial charge >= 0.3 is 0 Å². The summed E-state index contributed by atoms with van der Waals surface area (Å²) in [5.41, 5.74) is 4.83. The fourth-order valence-corrected chi connectivity index (χ4v) is 2.09. The molecule has 0 atom stereocenters. The predicted octanol–water partition coefficient (Wildman–Crippen LogP) is 2.50. The van der Waals surface area contributed by atoms with E-state index in [-0.39, 0.29) is 22.8 Å². The average Bonchev–Trinajstić information content (AvgIpc) is 2.44. The van der Waals surface area contributed by atoms with Crippen molar-refractivity contribution in [1.29, 1.82) is 0 Å². The summed E-state index contributed by atoms with van der Waals surface area (Å²) < 4.78 is 0. The lowest BCUT2D eigenvalue weighted by Gasteiger charge is -2.31. The molecule has 1 rings (SSSR count). The zero-order chi connectivity index (χ0) is 15.3. The van der Waals surface area contributed by atoms with Crippen LogP contribution in [0, 0.1) is 10.1 Å². The molecule has 0 heterocycles. The zero-order valence-corrected chi connectivity index (χ0v) is 12.2. The van der Waals surface area contributed by atoms with Gasteiger partial charge in [0.05, 0.1) is 10.5 Å². The van der Waals surface area contributed by atoms with Gasteiger partial charge in [-0.3, -0.25) is 14.9 Å². The Hall–Kier alpha value is -1.66. The first-order valence-electron chi connectivity index (χ1n) is 6.35. The van der Waals surface area contributed by atoms with Crippen LogP contribution in [-0.4, -0.2) is 22.9 Å². The number of nitro groups is 1. The lowest BCUT2D eigenvalue weighted by atomic mass is 9.92. The summed E-state index contributed by atoms with van der Waals surface area (Å²) >= 11 is 5.72. The van der Waals surface area contributed by atoms with Gasteiger partial charge < -0.3 is 11.1 Å². The van der Waals surface area contributed by atoms with Crippen LogP contribution in [0.5, 0.6) is 0 Å². The molecule has 1 aromatic carbocycles. The maximum absolute atomic E-state index is 12.3. The second-order valence-corrected chi connectivity index (χ2v) is 5.00. The number of rotatable bonds is 6. The van der Waals surface area contributed by atoms with Crippen molar-refractivity contribution in [2.75, 3.05) is 6.54 Å². The van der Waals surface area contributed by atoms with Crippen LogP contribution >= 0.6 is 11.6 Å². The number of halogens is 1. The van der Waals surface area contributed by atoms with E-state index in [2.05, 4.69) is 5.32 Å². The third kappa shape index (κ3) is 3.46. The van der Waals surface area contributed by atoms with Gasteiger partial charge in [-0.15, -0.1) is 0 Å². The smallest absolute Gasteiger partial charge is 0.283 e. The molecule has 0 aromatic heterocycles. The monoisotopic (exact) mass is 299 g/mol. The fraction of sp³-hybridized carbons (Fsp3) is 0.462. The second-order valence-electron chi connectivity index (χ2n) is 4.56. The number of nitro benzene ring substituents is 1. The Kier molecular flexibility index (Phi) is 5.47. The van der Waals surface area contributed by atoms with E-state index in [0.29, 0.717) is 12.8 Å². The number of nitrogens with one attached hydrogen (secondary N) is 1. The minimum atomic E-state index is -0.622. The minimum absolute atomic E-state index is 0.0147. The van der Waals surface area contributed by atoms with Crippen LogP contribution in [0.2, 0.25) is 5.02 Å². The molecule has 20 heavy (non-hydrogen) atoms. The van der Waals surface area contributed by atoms with Crippen LogP contribution in [0.4, 0.5) is 5.69 Å². The van der Waals surface area contributed by atoms with Crippen molar-refractivity contribution in [3.8, 4) is 0 Å². The number of nitrogens with two attached hydrogens (primary N) is 1. The molecule has 110 valence electrons. The van der Waals surface area contributed by atoms with Crippen LogP contribution in [-0.2, 0) is 0 Å². The molecule has 1 amide bonds. The summed E-state index contributed by atoms with van der Waals surface area (Å²) in [5, 5.41) is 14.0. The maximum Gasteiger partial charge on any atom is 0.283 e. The summed E-state index contributed by atoms with van der Waals surface area (Å²) in [6.45, 7) is 4.09. The van der Waals surface area contributed by atoms with Gasteiger partial charge in [-0.2, -0.15) is 0 Å². The Balaban J connectivity index is 3.12. The highest BCUT2D eigenvalue weighted by Crippen LogP contribution is 2.24. The Morgan fingerprint density at radius 2 is 2.05 bits per heavy atom. The van der Waals surface area contributed by atoms with E-state index in [9.17, 15) is 14.9 Å². The molecule has 0 aliphatic rings. The van der Waals surface area contributed by atoms with Crippen molar-refractivity contribution >= 4 is 23.2 Å². The number of carbonyl (C=O) groups is 1. The summed E-state index contributed by atoms with van der Waals surface area (Å²) in [7, 11) is 0. The fourth-order valence-electron chi connectivity index (χ4n) is 1.92. The van der Waals surface area contributed by atoms with Gasteiger partial charge in [-0.25, -0.2) is 0 Å². The van der Waals surface area contributed by atoms with Gasteiger partial charge in [-0.1, -0.05) is 25.4 Å². The highest BCUT2D eigenvalue weighted by Gasteiger charge is 2.29. The van der Waals surface area contributed by atoms with Crippen LogP contribution in [0.15, 0.2) is 18.2 Å². The molecule has 0 saturated carbocycles. The molecule has 0 spiro atoms. The first-order valence-corrected chi connectivity index (χ1v) is 6.73. The Morgan fingerprint density at radius 3 is 2.50 bits per heavy atom. The quantitative estimate of drug-likeness (QED) is 0.623.